The van der Waals surface area contributed by atoms with Gasteiger partial charge in [-0.25, -0.2) is 4.39 Å². The Morgan fingerprint density at radius 1 is 0.950 bits per heavy atom. The molecule has 0 aromatic heterocycles. The summed E-state index contributed by atoms with van der Waals surface area (Å²) in [5.41, 5.74) is -0.978. The van der Waals surface area contributed by atoms with E-state index in [4.69, 9.17) is 11.6 Å². The fourth-order valence-corrected chi connectivity index (χ4v) is 1.90. The molecule has 0 radical (unpaired) electrons. The topological polar surface area (TPSA) is 20.2 Å². The van der Waals surface area contributed by atoms with Crippen LogP contribution in [0.15, 0.2) is 42.5 Å². The Bertz CT molecular complexity index is 608. The zero-order chi connectivity index (χ0) is 14.9. The lowest BCUT2D eigenvalue weighted by atomic mass is 9.99. The molecule has 0 saturated heterocycles. The monoisotopic (exact) mass is 304 g/mol. The molecule has 0 aliphatic heterocycles. The van der Waals surface area contributed by atoms with Crippen LogP contribution in [-0.2, 0) is 6.18 Å². The summed E-state index contributed by atoms with van der Waals surface area (Å²) >= 11 is 5.68. The minimum Gasteiger partial charge on any atom is -0.384 e. The molecule has 0 fully saturated rings. The average Bonchev–Trinajstić information content (AvgIpc) is 2.37. The van der Waals surface area contributed by atoms with Gasteiger partial charge in [0.15, 0.2) is 0 Å². The Labute approximate surface area is 117 Å². The smallest absolute Gasteiger partial charge is 0.384 e. The number of rotatable bonds is 2. The van der Waals surface area contributed by atoms with Crippen molar-refractivity contribution in [2.45, 2.75) is 12.3 Å². The van der Waals surface area contributed by atoms with Gasteiger partial charge in [-0.05, 0) is 41.5 Å². The zero-order valence-electron chi connectivity index (χ0n) is 9.96. The molecule has 106 valence electrons. The third-order valence-electron chi connectivity index (χ3n) is 2.75. The van der Waals surface area contributed by atoms with E-state index in [1.165, 1.54) is 24.3 Å². The van der Waals surface area contributed by atoms with Crippen molar-refractivity contribution in [2.24, 2.45) is 0 Å². The second-order valence-electron chi connectivity index (χ2n) is 4.23. The molecule has 1 atom stereocenters. The number of aliphatic hydroxyl groups is 1. The number of halogens is 5. The lowest BCUT2D eigenvalue weighted by molar-refractivity contribution is -0.137. The second-order valence-corrected chi connectivity index (χ2v) is 4.66. The van der Waals surface area contributed by atoms with Crippen molar-refractivity contribution in [1.29, 1.82) is 0 Å². The van der Waals surface area contributed by atoms with Gasteiger partial charge in [-0.3, -0.25) is 0 Å². The summed E-state index contributed by atoms with van der Waals surface area (Å²) in [5.74, 6) is -1.05. The van der Waals surface area contributed by atoms with Crippen LogP contribution in [0.1, 0.15) is 22.8 Å². The van der Waals surface area contributed by atoms with Gasteiger partial charge in [-0.2, -0.15) is 13.2 Å². The van der Waals surface area contributed by atoms with E-state index in [-0.39, 0.29) is 5.56 Å². The highest BCUT2D eigenvalue weighted by Gasteiger charge is 2.32. The molecule has 0 heterocycles. The highest BCUT2D eigenvalue weighted by molar-refractivity contribution is 6.30. The summed E-state index contributed by atoms with van der Waals surface area (Å²) in [5, 5.41) is 10.4. The third-order valence-corrected chi connectivity index (χ3v) is 3.00. The van der Waals surface area contributed by atoms with E-state index in [1.54, 1.807) is 0 Å². The van der Waals surface area contributed by atoms with Gasteiger partial charge >= 0.3 is 6.18 Å². The first-order valence-corrected chi connectivity index (χ1v) is 5.96. The Balaban J connectivity index is 2.42. The largest absolute Gasteiger partial charge is 0.416 e. The number of hydrogen-bond donors (Lipinski definition) is 1. The maximum atomic E-state index is 13.3. The fraction of sp³-hybridized carbons (Fsp3) is 0.143. The summed E-state index contributed by atoms with van der Waals surface area (Å²) in [7, 11) is 0. The van der Waals surface area contributed by atoms with Gasteiger partial charge in [0.25, 0.3) is 0 Å². The quantitative estimate of drug-likeness (QED) is 0.805. The molecule has 0 amide bonds. The van der Waals surface area contributed by atoms with E-state index in [0.717, 1.165) is 12.1 Å². The van der Waals surface area contributed by atoms with Gasteiger partial charge in [-0.1, -0.05) is 23.7 Å². The number of hydrogen-bond acceptors (Lipinski definition) is 1. The average molecular weight is 305 g/mol. The zero-order valence-corrected chi connectivity index (χ0v) is 10.7. The molecule has 1 nitrogen and oxygen atoms in total. The highest BCUT2D eigenvalue weighted by Crippen LogP contribution is 2.33. The van der Waals surface area contributed by atoms with Crippen molar-refractivity contribution in [3.05, 3.63) is 70.0 Å². The van der Waals surface area contributed by atoms with Gasteiger partial charge in [0.2, 0.25) is 0 Å². The number of benzene rings is 2. The second kappa shape index (κ2) is 5.42. The van der Waals surface area contributed by atoms with Crippen LogP contribution in [0.4, 0.5) is 17.6 Å². The minimum absolute atomic E-state index is 0.167. The van der Waals surface area contributed by atoms with Gasteiger partial charge in [0, 0.05) is 5.02 Å². The molecule has 6 heteroatoms. The van der Waals surface area contributed by atoms with Crippen molar-refractivity contribution in [1.82, 2.24) is 0 Å². The molecule has 0 aliphatic rings. The van der Waals surface area contributed by atoms with Crippen LogP contribution in [0.5, 0.6) is 0 Å². The van der Waals surface area contributed by atoms with Crippen molar-refractivity contribution < 1.29 is 22.7 Å². The first kappa shape index (κ1) is 14.8. The van der Waals surface area contributed by atoms with Crippen molar-refractivity contribution >= 4 is 11.6 Å². The van der Waals surface area contributed by atoms with E-state index >= 15 is 0 Å². The maximum Gasteiger partial charge on any atom is 0.416 e. The Hall–Kier alpha value is -1.59. The van der Waals surface area contributed by atoms with Crippen LogP contribution >= 0.6 is 11.6 Å². The minimum atomic E-state index is -4.67. The summed E-state index contributed by atoms with van der Waals surface area (Å²) in [4.78, 5) is 0. The SMILES string of the molecule is OC(c1ccc(Cl)cc1)c1cc(F)cc(C(F)(F)F)c1. The normalized spacial score (nSPS) is 13.3. The fourth-order valence-electron chi connectivity index (χ4n) is 1.77. The van der Waals surface area contributed by atoms with Crippen LogP contribution in [0, 0.1) is 5.82 Å². The molecular formula is C14H9ClF4O. The molecule has 2 aromatic carbocycles. The molecule has 2 aromatic rings. The van der Waals surface area contributed by atoms with E-state index in [9.17, 15) is 22.7 Å². The lowest BCUT2D eigenvalue weighted by Crippen LogP contribution is -2.08. The number of aliphatic hydroxyl groups excluding tert-OH is 1. The van der Waals surface area contributed by atoms with Crippen LogP contribution in [0.2, 0.25) is 5.02 Å². The highest BCUT2D eigenvalue weighted by atomic mass is 35.5. The summed E-state index contributed by atoms with van der Waals surface area (Å²) in [6.45, 7) is 0. The standard InChI is InChI=1S/C14H9ClF4O/c15-11-3-1-8(2-4-11)13(20)9-5-10(14(17,18)19)7-12(16)6-9/h1-7,13,20H. The summed E-state index contributed by atoms with van der Waals surface area (Å²) in [6, 6.07) is 7.89. The Morgan fingerprint density at radius 2 is 1.55 bits per heavy atom. The molecule has 0 spiro atoms. The Kier molecular flexibility index (Phi) is 4.01. The Morgan fingerprint density at radius 3 is 2.10 bits per heavy atom. The van der Waals surface area contributed by atoms with E-state index in [1.807, 2.05) is 0 Å². The van der Waals surface area contributed by atoms with Gasteiger partial charge < -0.3 is 5.11 Å². The molecule has 0 bridgehead atoms. The third kappa shape index (κ3) is 3.29. The van der Waals surface area contributed by atoms with Crippen LogP contribution < -0.4 is 0 Å². The maximum absolute atomic E-state index is 13.3. The van der Waals surface area contributed by atoms with E-state index in [0.29, 0.717) is 16.7 Å². The first-order chi connectivity index (χ1) is 9.27. The van der Waals surface area contributed by atoms with Crippen molar-refractivity contribution in [3.8, 4) is 0 Å². The van der Waals surface area contributed by atoms with Gasteiger partial charge in [0.05, 0.1) is 5.56 Å². The van der Waals surface area contributed by atoms with Crippen LogP contribution in [0.25, 0.3) is 0 Å². The van der Waals surface area contributed by atoms with Gasteiger partial charge in [-0.15, -0.1) is 0 Å². The van der Waals surface area contributed by atoms with Crippen LogP contribution in [-0.4, -0.2) is 5.11 Å². The summed E-state index contributed by atoms with van der Waals surface area (Å²) in [6.07, 6.45) is -6.03. The molecule has 20 heavy (non-hydrogen) atoms. The molecule has 0 saturated carbocycles. The molecule has 1 N–H and O–H groups in total. The molecule has 1 unspecified atom stereocenters. The van der Waals surface area contributed by atoms with Crippen LogP contribution in [0.3, 0.4) is 0 Å². The molecule has 0 aliphatic carbocycles. The predicted molar refractivity (Wildman–Crippen MR) is 66.9 cm³/mol. The molecular weight excluding hydrogens is 296 g/mol. The van der Waals surface area contributed by atoms with Crippen molar-refractivity contribution in [2.75, 3.05) is 0 Å². The van der Waals surface area contributed by atoms with E-state index in [2.05, 4.69) is 0 Å². The molecule has 2 rings (SSSR count). The summed E-state index contributed by atoms with van der Waals surface area (Å²) < 4.78 is 51.1. The van der Waals surface area contributed by atoms with Crippen molar-refractivity contribution in [3.63, 3.8) is 0 Å². The first-order valence-electron chi connectivity index (χ1n) is 5.58. The lowest BCUT2D eigenvalue weighted by Gasteiger charge is -2.14. The van der Waals surface area contributed by atoms with Gasteiger partial charge in [0.1, 0.15) is 11.9 Å². The van der Waals surface area contributed by atoms with E-state index < -0.39 is 23.7 Å². The predicted octanol–water partition coefficient (Wildman–Crippen LogP) is 4.58. The number of alkyl halides is 3.